The van der Waals surface area contributed by atoms with Crippen LogP contribution in [0.3, 0.4) is 0 Å². The Kier molecular flexibility index (Phi) is 7.56. The van der Waals surface area contributed by atoms with Crippen LogP contribution in [0.2, 0.25) is 0 Å². The molecular formula is C28H35N3O3. The van der Waals surface area contributed by atoms with E-state index in [1.165, 1.54) is 16.5 Å². The largest absolute Gasteiger partial charge is 0.490 e. The molecule has 0 bridgehead atoms. The van der Waals surface area contributed by atoms with Gasteiger partial charge in [0, 0.05) is 37.1 Å². The fourth-order valence-corrected chi connectivity index (χ4v) is 4.38. The number of unbranched alkanes of at least 4 members (excludes halogenated alkanes) is 1. The third kappa shape index (κ3) is 5.11. The summed E-state index contributed by atoms with van der Waals surface area (Å²) in [6.07, 6.45) is 2.06. The second-order valence-electron chi connectivity index (χ2n) is 8.84. The van der Waals surface area contributed by atoms with E-state index in [0.717, 1.165) is 37.3 Å². The fraction of sp³-hybridized carbons (Fsp3) is 0.429. The number of carbonyl (C=O) groups excluding carboxylic acids is 1. The second-order valence-corrected chi connectivity index (χ2v) is 8.84. The molecule has 0 aliphatic carbocycles. The Morgan fingerprint density at radius 2 is 1.74 bits per heavy atom. The van der Waals surface area contributed by atoms with Gasteiger partial charge < -0.3 is 19.3 Å². The maximum absolute atomic E-state index is 13.2. The summed E-state index contributed by atoms with van der Waals surface area (Å²) in [5.74, 6) is 2.34. The summed E-state index contributed by atoms with van der Waals surface area (Å²) in [6.45, 7) is 12.3. The van der Waals surface area contributed by atoms with Gasteiger partial charge in [-0.25, -0.2) is 4.98 Å². The topological polar surface area (TPSA) is 54.9 Å². The van der Waals surface area contributed by atoms with Crippen LogP contribution >= 0.6 is 0 Å². The van der Waals surface area contributed by atoms with Gasteiger partial charge in [0.2, 0.25) is 0 Å². The van der Waals surface area contributed by atoms with E-state index < -0.39 is 0 Å². The van der Waals surface area contributed by atoms with E-state index in [-0.39, 0.29) is 5.91 Å². The normalized spacial score (nSPS) is 13.9. The number of amides is 1. The Bertz CT molecular complexity index is 1150. The lowest BCUT2D eigenvalue weighted by Crippen LogP contribution is -2.49. The number of ether oxygens (including phenoxy) is 2. The lowest BCUT2D eigenvalue weighted by molar-refractivity contribution is 0.0746. The van der Waals surface area contributed by atoms with Crippen molar-refractivity contribution in [1.29, 1.82) is 0 Å². The van der Waals surface area contributed by atoms with Crippen molar-refractivity contribution < 1.29 is 14.3 Å². The summed E-state index contributed by atoms with van der Waals surface area (Å²) in [5, 5.41) is 1.20. The lowest BCUT2D eigenvalue weighted by atomic mass is 10.1. The van der Waals surface area contributed by atoms with Gasteiger partial charge in [0.05, 0.1) is 18.7 Å². The SMILES string of the molecule is CCCCOc1ccc(C(=O)N2CCN(c3cc(C)c4cccc(C)c4n3)CC2)cc1OCC. The van der Waals surface area contributed by atoms with E-state index in [1.807, 2.05) is 30.0 Å². The molecule has 1 amide bonds. The summed E-state index contributed by atoms with van der Waals surface area (Å²) in [6, 6.07) is 14.0. The first-order valence-electron chi connectivity index (χ1n) is 12.3. The summed E-state index contributed by atoms with van der Waals surface area (Å²) >= 11 is 0. The van der Waals surface area contributed by atoms with Crippen LogP contribution < -0.4 is 14.4 Å². The molecule has 1 aliphatic heterocycles. The highest BCUT2D eigenvalue weighted by Crippen LogP contribution is 2.30. The van der Waals surface area contributed by atoms with E-state index in [9.17, 15) is 4.79 Å². The quantitative estimate of drug-likeness (QED) is 0.421. The molecule has 0 atom stereocenters. The minimum atomic E-state index is 0.0270. The fourth-order valence-electron chi connectivity index (χ4n) is 4.38. The molecule has 1 aliphatic rings. The van der Waals surface area contributed by atoms with Gasteiger partial charge in [-0.2, -0.15) is 0 Å². The molecule has 1 saturated heterocycles. The van der Waals surface area contributed by atoms with Gasteiger partial charge in [-0.3, -0.25) is 4.79 Å². The zero-order valence-corrected chi connectivity index (χ0v) is 20.8. The first-order valence-corrected chi connectivity index (χ1v) is 12.3. The Balaban J connectivity index is 1.45. The number of aryl methyl sites for hydroxylation is 2. The van der Waals surface area contributed by atoms with Crippen LogP contribution in [0.5, 0.6) is 11.5 Å². The molecule has 180 valence electrons. The minimum Gasteiger partial charge on any atom is -0.490 e. The Labute approximate surface area is 202 Å². The third-order valence-electron chi connectivity index (χ3n) is 6.37. The van der Waals surface area contributed by atoms with E-state index in [4.69, 9.17) is 14.5 Å². The number of rotatable bonds is 8. The molecule has 0 N–H and O–H groups in total. The number of piperazine rings is 1. The molecule has 34 heavy (non-hydrogen) atoms. The second kappa shape index (κ2) is 10.8. The van der Waals surface area contributed by atoms with E-state index in [2.05, 4.69) is 49.9 Å². The number of fused-ring (bicyclic) bond motifs is 1. The van der Waals surface area contributed by atoms with Crippen molar-refractivity contribution in [3.63, 3.8) is 0 Å². The molecule has 2 aromatic carbocycles. The Hall–Kier alpha value is -3.28. The van der Waals surface area contributed by atoms with E-state index in [0.29, 0.717) is 43.4 Å². The monoisotopic (exact) mass is 461 g/mol. The third-order valence-corrected chi connectivity index (χ3v) is 6.37. The minimum absolute atomic E-state index is 0.0270. The van der Waals surface area contributed by atoms with Gasteiger partial charge in [-0.05, 0) is 62.6 Å². The Morgan fingerprint density at radius 3 is 2.47 bits per heavy atom. The molecule has 0 radical (unpaired) electrons. The van der Waals surface area contributed by atoms with Crippen LogP contribution in [0.25, 0.3) is 10.9 Å². The van der Waals surface area contributed by atoms with Gasteiger partial charge in [0.15, 0.2) is 11.5 Å². The maximum Gasteiger partial charge on any atom is 0.254 e. The van der Waals surface area contributed by atoms with Gasteiger partial charge in [0.1, 0.15) is 5.82 Å². The number of benzene rings is 2. The number of hydrogen-bond donors (Lipinski definition) is 0. The van der Waals surface area contributed by atoms with Crippen LogP contribution in [0, 0.1) is 13.8 Å². The number of aromatic nitrogens is 1. The maximum atomic E-state index is 13.2. The first kappa shape index (κ1) is 23.9. The lowest BCUT2D eigenvalue weighted by Gasteiger charge is -2.35. The summed E-state index contributed by atoms with van der Waals surface area (Å²) < 4.78 is 11.6. The molecule has 2 heterocycles. The molecule has 0 unspecified atom stereocenters. The number of hydrogen-bond acceptors (Lipinski definition) is 5. The van der Waals surface area contributed by atoms with Crippen molar-refractivity contribution in [1.82, 2.24) is 9.88 Å². The van der Waals surface area contributed by atoms with Crippen LogP contribution in [-0.4, -0.2) is 55.2 Å². The average Bonchev–Trinajstić information content (AvgIpc) is 2.85. The van der Waals surface area contributed by atoms with Crippen molar-refractivity contribution in [2.24, 2.45) is 0 Å². The van der Waals surface area contributed by atoms with E-state index >= 15 is 0 Å². The van der Waals surface area contributed by atoms with Gasteiger partial charge in [-0.15, -0.1) is 0 Å². The number of pyridine rings is 1. The zero-order valence-electron chi connectivity index (χ0n) is 20.8. The molecular weight excluding hydrogens is 426 g/mol. The highest BCUT2D eigenvalue weighted by Gasteiger charge is 2.24. The smallest absolute Gasteiger partial charge is 0.254 e. The first-order chi connectivity index (χ1) is 16.5. The molecule has 1 aromatic heterocycles. The molecule has 6 nitrogen and oxygen atoms in total. The van der Waals surface area contributed by atoms with Gasteiger partial charge >= 0.3 is 0 Å². The summed E-state index contributed by atoms with van der Waals surface area (Å²) in [5.41, 5.74) is 4.10. The van der Waals surface area contributed by atoms with Crippen LogP contribution in [-0.2, 0) is 0 Å². The number of carbonyl (C=O) groups is 1. The highest BCUT2D eigenvalue weighted by atomic mass is 16.5. The van der Waals surface area contributed by atoms with Crippen molar-refractivity contribution in [3.05, 3.63) is 59.2 Å². The van der Waals surface area contributed by atoms with Crippen molar-refractivity contribution in [3.8, 4) is 11.5 Å². The van der Waals surface area contributed by atoms with Crippen LogP contribution in [0.1, 0.15) is 48.2 Å². The standard InChI is InChI=1S/C28H35N3O3/c1-5-7-17-34-24-12-11-22(19-25(24)33-6-2)28(32)31-15-13-30(14-16-31)26-18-21(4)23-10-8-9-20(3)27(23)29-26/h8-12,18-19H,5-7,13-17H2,1-4H3. The summed E-state index contributed by atoms with van der Waals surface area (Å²) in [7, 11) is 0. The molecule has 6 heteroatoms. The highest BCUT2D eigenvalue weighted by molar-refractivity contribution is 5.95. The van der Waals surface area contributed by atoms with Crippen molar-refractivity contribution >= 4 is 22.6 Å². The van der Waals surface area contributed by atoms with Crippen LogP contribution in [0.4, 0.5) is 5.82 Å². The average molecular weight is 462 g/mol. The molecule has 0 saturated carbocycles. The summed E-state index contributed by atoms with van der Waals surface area (Å²) in [4.78, 5) is 22.4. The Morgan fingerprint density at radius 1 is 0.941 bits per heavy atom. The van der Waals surface area contributed by atoms with Gasteiger partial charge in [-0.1, -0.05) is 31.5 Å². The number of anilines is 1. The molecule has 1 fully saturated rings. The van der Waals surface area contributed by atoms with Crippen LogP contribution in [0.15, 0.2) is 42.5 Å². The van der Waals surface area contributed by atoms with Crippen molar-refractivity contribution in [2.75, 3.05) is 44.3 Å². The van der Waals surface area contributed by atoms with Crippen molar-refractivity contribution in [2.45, 2.75) is 40.5 Å². The number of para-hydroxylation sites is 1. The predicted octanol–water partition coefficient (Wildman–Crippen LogP) is 5.39. The van der Waals surface area contributed by atoms with Gasteiger partial charge in [0.25, 0.3) is 5.91 Å². The molecule has 0 spiro atoms. The molecule has 3 aromatic rings. The zero-order chi connectivity index (χ0) is 24.1. The van der Waals surface area contributed by atoms with E-state index in [1.54, 1.807) is 0 Å². The number of nitrogens with zero attached hydrogens (tertiary/aromatic N) is 3. The predicted molar refractivity (Wildman–Crippen MR) is 137 cm³/mol. The molecule has 4 rings (SSSR count).